The van der Waals surface area contributed by atoms with Crippen molar-refractivity contribution in [2.24, 2.45) is 5.73 Å². The average Bonchev–Trinajstić information content (AvgIpc) is 2.35. The number of nitrogens with two attached hydrogens (primary N) is 1. The van der Waals surface area contributed by atoms with Gasteiger partial charge in [0.1, 0.15) is 5.82 Å². The molecule has 0 saturated carbocycles. The van der Waals surface area contributed by atoms with Crippen LogP contribution in [0.1, 0.15) is 22.7 Å². The summed E-state index contributed by atoms with van der Waals surface area (Å²) < 4.78 is 14.7. The third-order valence-corrected chi connectivity index (χ3v) is 4.34. The fraction of sp³-hybridized carbons (Fsp3) is 0.143. The third kappa shape index (κ3) is 2.82. The second-order valence-corrected chi connectivity index (χ2v) is 5.87. The Morgan fingerprint density at radius 3 is 2.22 bits per heavy atom. The molecule has 0 heterocycles. The summed E-state index contributed by atoms with van der Waals surface area (Å²) in [5.74, 6) is -0.280. The maximum Gasteiger partial charge on any atom is 0.137 e. The molecule has 0 aliphatic carbocycles. The summed E-state index contributed by atoms with van der Waals surface area (Å²) >= 11 is 6.63. The van der Waals surface area contributed by atoms with E-state index in [1.54, 1.807) is 12.1 Å². The van der Waals surface area contributed by atoms with Crippen LogP contribution in [0.15, 0.2) is 45.3 Å². The number of aryl methyl sites for hydroxylation is 1. The van der Waals surface area contributed by atoms with Crippen molar-refractivity contribution < 1.29 is 4.39 Å². The molecule has 0 aliphatic rings. The number of hydrogen-bond acceptors (Lipinski definition) is 1. The van der Waals surface area contributed by atoms with Crippen LogP contribution in [0.25, 0.3) is 0 Å². The Bertz CT molecular complexity index is 533. The predicted octanol–water partition coefficient (Wildman–Crippen LogP) is 4.71. The first kappa shape index (κ1) is 13.7. The van der Waals surface area contributed by atoms with E-state index >= 15 is 0 Å². The van der Waals surface area contributed by atoms with Gasteiger partial charge in [-0.3, -0.25) is 0 Å². The van der Waals surface area contributed by atoms with Crippen LogP contribution in [0.2, 0.25) is 0 Å². The van der Waals surface area contributed by atoms with E-state index < -0.39 is 0 Å². The minimum absolute atomic E-state index is 0.256. The van der Waals surface area contributed by atoms with Crippen molar-refractivity contribution in [3.05, 3.63) is 67.9 Å². The number of rotatable bonds is 2. The largest absolute Gasteiger partial charge is 0.320 e. The summed E-state index contributed by atoms with van der Waals surface area (Å²) in [6.07, 6.45) is 0. The van der Waals surface area contributed by atoms with Crippen molar-refractivity contribution >= 4 is 31.9 Å². The molecule has 0 saturated heterocycles. The fourth-order valence-corrected chi connectivity index (χ4v) is 2.40. The van der Waals surface area contributed by atoms with Crippen molar-refractivity contribution in [2.45, 2.75) is 13.0 Å². The van der Waals surface area contributed by atoms with Gasteiger partial charge in [-0.25, -0.2) is 4.39 Å². The molecule has 0 bridgehead atoms. The Kier molecular flexibility index (Phi) is 4.20. The molecule has 2 N–H and O–H groups in total. The summed E-state index contributed by atoms with van der Waals surface area (Å²) in [7, 11) is 0. The van der Waals surface area contributed by atoms with E-state index in [9.17, 15) is 4.39 Å². The predicted molar refractivity (Wildman–Crippen MR) is 79.0 cm³/mol. The second kappa shape index (κ2) is 5.51. The van der Waals surface area contributed by atoms with Crippen LogP contribution >= 0.6 is 31.9 Å². The van der Waals surface area contributed by atoms with E-state index in [0.29, 0.717) is 4.47 Å². The highest BCUT2D eigenvalue weighted by molar-refractivity contribution is 9.10. The first-order chi connectivity index (χ1) is 8.49. The lowest BCUT2D eigenvalue weighted by atomic mass is 9.98. The van der Waals surface area contributed by atoms with E-state index in [2.05, 4.69) is 31.9 Å². The highest BCUT2D eigenvalue weighted by Crippen LogP contribution is 2.27. The third-order valence-electron chi connectivity index (χ3n) is 2.84. The minimum Gasteiger partial charge on any atom is -0.320 e. The monoisotopic (exact) mass is 371 g/mol. The molecule has 0 amide bonds. The molecule has 2 rings (SSSR count). The molecule has 0 spiro atoms. The quantitative estimate of drug-likeness (QED) is 0.811. The Morgan fingerprint density at radius 2 is 1.61 bits per heavy atom. The van der Waals surface area contributed by atoms with Crippen molar-refractivity contribution in [3.63, 3.8) is 0 Å². The van der Waals surface area contributed by atoms with E-state index in [0.717, 1.165) is 21.2 Å². The maximum atomic E-state index is 13.2. The van der Waals surface area contributed by atoms with Crippen LogP contribution in [0.4, 0.5) is 4.39 Å². The van der Waals surface area contributed by atoms with Gasteiger partial charge in [0, 0.05) is 4.47 Å². The highest BCUT2D eigenvalue weighted by atomic mass is 79.9. The summed E-state index contributed by atoms with van der Waals surface area (Å²) in [6.45, 7) is 2.01. The van der Waals surface area contributed by atoms with Gasteiger partial charge in [-0.05, 0) is 57.7 Å². The van der Waals surface area contributed by atoms with Crippen LogP contribution in [0.3, 0.4) is 0 Å². The second-order valence-electron chi connectivity index (χ2n) is 4.16. The average molecular weight is 373 g/mol. The molecule has 1 nitrogen and oxygen atoms in total. The summed E-state index contributed by atoms with van der Waals surface area (Å²) in [5.41, 5.74) is 9.21. The number of halogens is 3. The van der Waals surface area contributed by atoms with Crippen LogP contribution in [-0.2, 0) is 0 Å². The van der Waals surface area contributed by atoms with Gasteiger partial charge in [0.2, 0.25) is 0 Å². The van der Waals surface area contributed by atoms with Gasteiger partial charge in [0.15, 0.2) is 0 Å². The molecule has 0 fully saturated rings. The Hall–Kier alpha value is -0.710. The van der Waals surface area contributed by atoms with Gasteiger partial charge in [0.05, 0.1) is 10.5 Å². The van der Waals surface area contributed by atoms with Crippen molar-refractivity contribution in [1.29, 1.82) is 0 Å². The lowest BCUT2D eigenvalue weighted by Gasteiger charge is -2.14. The fourth-order valence-electron chi connectivity index (χ4n) is 1.76. The van der Waals surface area contributed by atoms with Crippen LogP contribution in [0, 0.1) is 12.7 Å². The zero-order chi connectivity index (χ0) is 13.3. The van der Waals surface area contributed by atoms with Crippen LogP contribution in [0.5, 0.6) is 0 Å². The van der Waals surface area contributed by atoms with E-state index in [1.807, 2.05) is 25.1 Å². The molecular weight excluding hydrogens is 361 g/mol. The van der Waals surface area contributed by atoms with Crippen LogP contribution in [-0.4, -0.2) is 0 Å². The standard InChI is InChI=1S/C14H12Br2FN/c1-8-6-9(2-4-11(8)15)14(18)10-3-5-13(17)12(16)7-10/h2-7,14H,18H2,1H3. The molecule has 1 atom stereocenters. The van der Waals surface area contributed by atoms with Crippen LogP contribution < -0.4 is 5.73 Å². The molecule has 18 heavy (non-hydrogen) atoms. The SMILES string of the molecule is Cc1cc(C(N)c2ccc(F)c(Br)c2)ccc1Br. The minimum atomic E-state index is -0.280. The van der Waals surface area contributed by atoms with Gasteiger partial charge >= 0.3 is 0 Å². The molecule has 0 radical (unpaired) electrons. The topological polar surface area (TPSA) is 26.0 Å². The lowest BCUT2D eigenvalue weighted by molar-refractivity contribution is 0.619. The number of hydrogen-bond donors (Lipinski definition) is 1. The highest BCUT2D eigenvalue weighted by Gasteiger charge is 2.11. The Labute approximate surface area is 122 Å². The van der Waals surface area contributed by atoms with Gasteiger partial charge in [-0.15, -0.1) is 0 Å². The van der Waals surface area contributed by atoms with Gasteiger partial charge in [0.25, 0.3) is 0 Å². The first-order valence-electron chi connectivity index (χ1n) is 5.45. The molecule has 2 aromatic carbocycles. The zero-order valence-electron chi connectivity index (χ0n) is 9.75. The van der Waals surface area contributed by atoms with E-state index in [-0.39, 0.29) is 11.9 Å². The van der Waals surface area contributed by atoms with Crippen molar-refractivity contribution in [3.8, 4) is 0 Å². The molecule has 0 aromatic heterocycles. The number of benzene rings is 2. The van der Waals surface area contributed by atoms with E-state index in [1.165, 1.54) is 6.07 Å². The van der Waals surface area contributed by atoms with Gasteiger partial charge < -0.3 is 5.73 Å². The first-order valence-corrected chi connectivity index (χ1v) is 7.04. The molecule has 0 aliphatic heterocycles. The lowest BCUT2D eigenvalue weighted by Crippen LogP contribution is -2.12. The summed E-state index contributed by atoms with van der Waals surface area (Å²) in [4.78, 5) is 0. The smallest absolute Gasteiger partial charge is 0.137 e. The van der Waals surface area contributed by atoms with Gasteiger partial charge in [-0.2, -0.15) is 0 Å². The van der Waals surface area contributed by atoms with Crippen molar-refractivity contribution in [1.82, 2.24) is 0 Å². The van der Waals surface area contributed by atoms with E-state index in [4.69, 9.17) is 5.73 Å². The molecule has 94 valence electrons. The van der Waals surface area contributed by atoms with Gasteiger partial charge in [-0.1, -0.05) is 34.1 Å². The molecular formula is C14H12Br2FN. The molecule has 1 unspecified atom stereocenters. The molecule has 4 heteroatoms. The van der Waals surface area contributed by atoms with Crippen molar-refractivity contribution in [2.75, 3.05) is 0 Å². The molecule has 2 aromatic rings. The Balaban J connectivity index is 2.37. The zero-order valence-corrected chi connectivity index (χ0v) is 12.9. The Morgan fingerprint density at radius 1 is 1.00 bits per heavy atom. The maximum absolute atomic E-state index is 13.2. The summed E-state index contributed by atoms with van der Waals surface area (Å²) in [5, 5.41) is 0. The normalized spacial score (nSPS) is 12.5. The summed E-state index contributed by atoms with van der Waals surface area (Å²) in [6, 6.07) is 10.6.